The maximum absolute atomic E-state index is 11.5. The van der Waals surface area contributed by atoms with Crippen LogP contribution < -0.4 is 0 Å². The molecule has 0 amide bonds. The molecule has 14 heavy (non-hydrogen) atoms. The molecule has 4 heteroatoms. The molecule has 1 aromatic heterocycles. The van der Waals surface area contributed by atoms with Gasteiger partial charge in [-0.15, -0.1) is 11.3 Å². The van der Waals surface area contributed by atoms with Gasteiger partial charge in [0.2, 0.25) is 11.6 Å². The minimum absolute atomic E-state index is 0.231. The van der Waals surface area contributed by atoms with Crippen LogP contribution in [0.1, 0.15) is 29.9 Å². The van der Waals surface area contributed by atoms with Crippen molar-refractivity contribution in [2.24, 2.45) is 5.92 Å². The van der Waals surface area contributed by atoms with Gasteiger partial charge in [-0.25, -0.2) is 0 Å². The van der Waals surface area contributed by atoms with Gasteiger partial charge in [0, 0.05) is 16.3 Å². The Balaban J connectivity index is 2.71. The summed E-state index contributed by atoms with van der Waals surface area (Å²) < 4.78 is 0.850. The third-order valence-corrected chi connectivity index (χ3v) is 3.33. The molecule has 0 unspecified atom stereocenters. The molecule has 0 bridgehead atoms. The zero-order valence-electron chi connectivity index (χ0n) is 8.04. The maximum Gasteiger partial charge on any atom is 0.238 e. The van der Waals surface area contributed by atoms with Crippen LogP contribution in [0.25, 0.3) is 0 Å². The van der Waals surface area contributed by atoms with Crippen LogP contribution in [-0.2, 0) is 4.79 Å². The number of rotatable bonds is 4. The zero-order chi connectivity index (χ0) is 10.7. The van der Waals surface area contributed by atoms with Gasteiger partial charge in [-0.05, 0) is 27.9 Å². The summed E-state index contributed by atoms with van der Waals surface area (Å²) in [6, 6.07) is 1.69. The highest BCUT2D eigenvalue weighted by atomic mass is 79.9. The van der Waals surface area contributed by atoms with Gasteiger partial charge < -0.3 is 0 Å². The highest BCUT2D eigenvalue weighted by Crippen LogP contribution is 2.21. The zero-order valence-corrected chi connectivity index (χ0v) is 10.4. The van der Waals surface area contributed by atoms with Crippen molar-refractivity contribution in [3.8, 4) is 0 Å². The molecule has 0 saturated carbocycles. The van der Waals surface area contributed by atoms with E-state index in [9.17, 15) is 9.59 Å². The lowest BCUT2D eigenvalue weighted by atomic mass is 10.0. The molecular weight excluding hydrogens is 264 g/mol. The summed E-state index contributed by atoms with van der Waals surface area (Å²) in [4.78, 5) is 23.5. The molecule has 2 nitrogen and oxygen atoms in total. The Labute approximate surface area is 95.5 Å². The number of carbonyl (C=O) groups is 2. The average molecular weight is 275 g/mol. The van der Waals surface area contributed by atoms with E-state index in [0.29, 0.717) is 11.3 Å². The monoisotopic (exact) mass is 274 g/mol. The summed E-state index contributed by atoms with van der Waals surface area (Å²) >= 11 is 4.54. The Morgan fingerprint density at radius 2 is 2.14 bits per heavy atom. The first-order chi connectivity index (χ1) is 6.50. The first kappa shape index (κ1) is 11.6. The SMILES string of the molecule is CC(C)CC(=O)C(=O)c1cc(Br)cs1. The van der Waals surface area contributed by atoms with E-state index in [1.54, 1.807) is 11.4 Å². The largest absolute Gasteiger partial charge is 0.290 e. The number of thiophene rings is 1. The molecule has 0 aliphatic heterocycles. The minimum atomic E-state index is -0.366. The normalized spacial score (nSPS) is 10.6. The number of ketones is 2. The van der Waals surface area contributed by atoms with Crippen LogP contribution >= 0.6 is 27.3 Å². The van der Waals surface area contributed by atoms with E-state index in [1.807, 2.05) is 13.8 Å². The van der Waals surface area contributed by atoms with Crippen LogP contribution in [0.3, 0.4) is 0 Å². The molecule has 76 valence electrons. The topological polar surface area (TPSA) is 34.1 Å². The first-order valence-electron chi connectivity index (χ1n) is 4.32. The minimum Gasteiger partial charge on any atom is -0.290 e. The Morgan fingerprint density at radius 3 is 2.57 bits per heavy atom. The van der Waals surface area contributed by atoms with E-state index in [4.69, 9.17) is 0 Å². The van der Waals surface area contributed by atoms with Crippen molar-refractivity contribution in [3.05, 3.63) is 20.8 Å². The highest BCUT2D eigenvalue weighted by molar-refractivity contribution is 9.10. The average Bonchev–Trinajstić information content (AvgIpc) is 2.49. The first-order valence-corrected chi connectivity index (χ1v) is 5.99. The van der Waals surface area contributed by atoms with E-state index in [1.165, 1.54) is 11.3 Å². The van der Waals surface area contributed by atoms with Crippen LogP contribution in [0.4, 0.5) is 0 Å². The number of Topliss-reactive ketones (excluding diaryl/α,β-unsaturated/α-hetero) is 2. The molecule has 1 heterocycles. The molecule has 0 aliphatic carbocycles. The Bertz CT molecular complexity index is 355. The second-order valence-electron chi connectivity index (χ2n) is 3.48. The van der Waals surface area contributed by atoms with Gasteiger partial charge in [-0.3, -0.25) is 9.59 Å². The van der Waals surface area contributed by atoms with Crippen molar-refractivity contribution in [3.63, 3.8) is 0 Å². The molecular formula is C10H11BrO2S. The lowest BCUT2D eigenvalue weighted by Crippen LogP contribution is -2.14. The maximum atomic E-state index is 11.5. The fourth-order valence-electron chi connectivity index (χ4n) is 1.03. The smallest absolute Gasteiger partial charge is 0.238 e. The van der Waals surface area contributed by atoms with Crippen molar-refractivity contribution in [2.45, 2.75) is 20.3 Å². The molecule has 0 aliphatic rings. The van der Waals surface area contributed by atoms with Gasteiger partial charge in [-0.2, -0.15) is 0 Å². The molecule has 0 radical (unpaired) electrons. The second kappa shape index (κ2) is 4.84. The quantitative estimate of drug-likeness (QED) is 0.624. The van der Waals surface area contributed by atoms with Gasteiger partial charge in [0.1, 0.15) is 0 Å². The third kappa shape index (κ3) is 3.03. The molecule has 0 N–H and O–H groups in total. The van der Waals surface area contributed by atoms with E-state index in [2.05, 4.69) is 15.9 Å². The Kier molecular flexibility index (Phi) is 4.01. The van der Waals surface area contributed by atoms with Crippen LogP contribution in [0.15, 0.2) is 15.9 Å². The van der Waals surface area contributed by atoms with Crippen molar-refractivity contribution >= 4 is 38.8 Å². The fourth-order valence-corrected chi connectivity index (χ4v) is 2.42. The standard InChI is InChI=1S/C10H11BrO2S/c1-6(2)3-8(12)10(13)9-4-7(11)5-14-9/h4-6H,3H2,1-2H3. The van der Waals surface area contributed by atoms with Crippen LogP contribution in [0.2, 0.25) is 0 Å². The van der Waals surface area contributed by atoms with Gasteiger partial charge in [0.25, 0.3) is 0 Å². The van der Waals surface area contributed by atoms with Gasteiger partial charge >= 0.3 is 0 Å². The van der Waals surface area contributed by atoms with Crippen molar-refractivity contribution in [2.75, 3.05) is 0 Å². The summed E-state index contributed by atoms with van der Waals surface area (Å²) in [7, 11) is 0. The molecule has 1 aromatic rings. The molecule has 0 saturated heterocycles. The third-order valence-electron chi connectivity index (χ3n) is 1.64. The molecule has 0 fully saturated rings. The summed E-state index contributed by atoms with van der Waals surface area (Å²) in [6.45, 7) is 3.85. The van der Waals surface area contributed by atoms with Crippen LogP contribution in [0.5, 0.6) is 0 Å². The Hall–Kier alpha value is -0.480. The van der Waals surface area contributed by atoms with E-state index in [0.717, 1.165) is 4.47 Å². The predicted molar refractivity (Wildman–Crippen MR) is 60.8 cm³/mol. The van der Waals surface area contributed by atoms with E-state index in [-0.39, 0.29) is 17.5 Å². The van der Waals surface area contributed by atoms with Crippen LogP contribution in [-0.4, -0.2) is 11.6 Å². The van der Waals surface area contributed by atoms with E-state index < -0.39 is 0 Å². The van der Waals surface area contributed by atoms with Crippen molar-refractivity contribution in [1.29, 1.82) is 0 Å². The lowest BCUT2D eigenvalue weighted by Gasteiger charge is -2.00. The van der Waals surface area contributed by atoms with Crippen molar-refractivity contribution < 1.29 is 9.59 Å². The second-order valence-corrected chi connectivity index (χ2v) is 5.31. The highest BCUT2D eigenvalue weighted by Gasteiger charge is 2.18. The number of hydrogen-bond donors (Lipinski definition) is 0. The lowest BCUT2D eigenvalue weighted by molar-refractivity contribution is -0.115. The Morgan fingerprint density at radius 1 is 1.50 bits per heavy atom. The van der Waals surface area contributed by atoms with Gasteiger partial charge in [0.15, 0.2) is 0 Å². The van der Waals surface area contributed by atoms with Crippen molar-refractivity contribution in [1.82, 2.24) is 0 Å². The van der Waals surface area contributed by atoms with Crippen LogP contribution in [0, 0.1) is 5.92 Å². The predicted octanol–water partition coefficient (Wildman–Crippen LogP) is 3.31. The summed E-state index contributed by atoms with van der Waals surface area (Å²) in [5.41, 5.74) is 0. The van der Waals surface area contributed by atoms with E-state index >= 15 is 0 Å². The van der Waals surface area contributed by atoms with Gasteiger partial charge in [-0.1, -0.05) is 13.8 Å². The number of halogens is 1. The fraction of sp³-hybridized carbons (Fsp3) is 0.400. The molecule has 1 rings (SSSR count). The molecule has 0 spiro atoms. The summed E-state index contributed by atoms with van der Waals surface area (Å²) in [6.07, 6.45) is 0.328. The summed E-state index contributed by atoms with van der Waals surface area (Å²) in [5, 5.41) is 1.80. The number of carbonyl (C=O) groups excluding carboxylic acids is 2. The van der Waals surface area contributed by atoms with Gasteiger partial charge in [0.05, 0.1) is 4.88 Å². The number of hydrogen-bond acceptors (Lipinski definition) is 3. The summed E-state index contributed by atoms with van der Waals surface area (Å²) in [5.74, 6) is -0.432. The molecule has 0 aromatic carbocycles. The molecule has 0 atom stereocenters.